The molecule has 2 aromatic rings. The van der Waals surface area contributed by atoms with E-state index in [0.717, 1.165) is 6.42 Å². The van der Waals surface area contributed by atoms with E-state index in [-0.39, 0.29) is 23.6 Å². The van der Waals surface area contributed by atoms with Crippen molar-refractivity contribution >= 4 is 36.0 Å². The number of aromatic nitrogens is 4. The zero-order valence-electron chi connectivity index (χ0n) is 15.5. The van der Waals surface area contributed by atoms with Crippen LogP contribution in [0.3, 0.4) is 0 Å². The number of hydrogen-bond acceptors (Lipinski definition) is 10. The third-order valence-electron chi connectivity index (χ3n) is 4.82. The molecule has 5 atom stereocenters. The Balaban J connectivity index is 1.55. The number of nitrogens with one attached hydrogen (secondary N) is 1. The molecule has 0 bridgehead atoms. The Hall–Kier alpha value is -1.41. The van der Waals surface area contributed by atoms with Gasteiger partial charge in [-0.3, -0.25) is 4.57 Å². The van der Waals surface area contributed by atoms with Gasteiger partial charge in [0.1, 0.15) is 30.5 Å². The van der Waals surface area contributed by atoms with Gasteiger partial charge in [0.25, 0.3) is 0 Å². The summed E-state index contributed by atoms with van der Waals surface area (Å²) in [4.78, 5) is 26.1. The van der Waals surface area contributed by atoms with Crippen LogP contribution in [0.1, 0.15) is 12.6 Å². The van der Waals surface area contributed by atoms with Crippen LogP contribution in [0.5, 0.6) is 0 Å². The number of ether oxygens (including phenoxy) is 3. The summed E-state index contributed by atoms with van der Waals surface area (Å²) >= 11 is 6.07. The van der Waals surface area contributed by atoms with Crippen LogP contribution in [-0.2, 0) is 18.8 Å². The second-order valence-electron chi connectivity index (χ2n) is 7.08. The van der Waals surface area contributed by atoms with E-state index >= 15 is 0 Å². The third-order valence-corrected chi connectivity index (χ3v) is 5.50. The number of nitrogens with zero attached hydrogens (tertiary/aromatic N) is 4. The second-order valence-corrected chi connectivity index (χ2v) is 9.01. The van der Waals surface area contributed by atoms with E-state index < -0.39 is 38.5 Å². The van der Waals surface area contributed by atoms with E-state index in [9.17, 15) is 14.8 Å². The molecule has 0 unspecified atom stereocenters. The Morgan fingerprint density at radius 2 is 2.13 bits per heavy atom. The Labute approximate surface area is 175 Å². The maximum atomic E-state index is 10.9. The van der Waals surface area contributed by atoms with Crippen LogP contribution in [0.2, 0.25) is 5.28 Å². The summed E-state index contributed by atoms with van der Waals surface area (Å²) < 4.78 is 28.1. The highest BCUT2D eigenvalue weighted by Crippen LogP contribution is 2.36. The molecular formula is C15H21ClN5O8P. The number of fused-ring (bicyclic) bond motifs is 1. The van der Waals surface area contributed by atoms with Gasteiger partial charge in [-0.25, -0.2) is 4.68 Å². The van der Waals surface area contributed by atoms with Gasteiger partial charge in [-0.15, -0.1) is 0 Å². The monoisotopic (exact) mass is 465 g/mol. The molecule has 4 heterocycles. The number of aliphatic hydroxyl groups is 2. The topological polar surface area (TPSA) is 181 Å². The lowest BCUT2D eigenvalue weighted by atomic mass is 10.1. The molecule has 15 heteroatoms. The fraction of sp³-hybridized carbons (Fsp3) is 0.667. The molecule has 13 nitrogen and oxygen atoms in total. The highest BCUT2D eigenvalue weighted by molar-refractivity contribution is 7.51. The van der Waals surface area contributed by atoms with Crippen molar-refractivity contribution in [3.8, 4) is 0 Å². The fourth-order valence-corrected chi connectivity index (χ4v) is 3.90. The van der Waals surface area contributed by atoms with Crippen molar-refractivity contribution in [3.63, 3.8) is 0 Å². The molecule has 4 rings (SSSR count). The van der Waals surface area contributed by atoms with Gasteiger partial charge in [0.05, 0.1) is 30.8 Å². The Morgan fingerprint density at radius 1 is 1.33 bits per heavy atom. The minimum atomic E-state index is -4.36. The van der Waals surface area contributed by atoms with Gasteiger partial charge in [-0.1, -0.05) is 0 Å². The summed E-state index contributed by atoms with van der Waals surface area (Å²) in [5.74, 6) is 0.460. The Bertz CT molecular complexity index is 951. The molecule has 166 valence electrons. The highest BCUT2D eigenvalue weighted by Gasteiger charge is 2.45. The van der Waals surface area contributed by atoms with E-state index in [0.29, 0.717) is 24.4 Å². The number of aliphatic hydroxyl groups excluding tert-OH is 2. The van der Waals surface area contributed by atoms with Gasteiger partial charge in [0, 0.05) is 6.61 Å². The summed E-state index contributed by atoms with van der Waals surface area (Å²) in [7, 11) is -4.36. The van der Waals surface area contributed by atoms with Gasteiger partial charge in [-0.05, 0) is 18.0 Å². The Kier molecular flexibility index (Phi) is 6.26. The average molecular weight is 466 g/mol. The lowest BCUT2D eigenvalue weighted by Gasteiger charge is -2.16. The van der Waals surface area contributed by atoms with E-state index in [1.165, 1.54) is 10.9 Å². The minimum Gasteiger partial charge on any atom is -0.387 e. The SMILES string of the molecule is O=P(O)(O)COC[C@H]1O[C@@H](n2ncc3c(N[C@H]4CCOC4)nc(Cl)nc32)[C@H](O)[C@@H]1O. The zero-order valence-corrected chi connectivity index (χ0v) is 17.2. The summed E-state index contributed by atoms with van der Waals surface area (Å²) in [6, 6.07) is 0.0632. The first-order valence-corrected chi connectivity index (χ1v) is 11.3. The largest absolute Gasteiger partial charge is 0.387 e. The first-order valence-electron chi connectivity index (χ1n) is 9.12. The van der Waals surface area contributed by atoms with Crippen molar-refractivity contribution in [1.29, 1.82) is 0 Å². The maximum absolute atomic E-state index is 10.9. The van der Waals surface area contributed by atoms with Crippen LogP contribution in [0.4, 0.5) is 5.82 Å². The first kappa shape index (κ1) is 21.8. The third kappa shape index (κ3) is 4.59. The number of hydrogen-bond donors (Lipinski definition) is 5. The van der Waals surface area contributed by atoms with Crippen LogP contribution < -0.4 is 5.32 Å². The molecule has 30 heavy (non-hydrogen) atoms. The molecule has 2 aromatic heterocycles. The predicted molar refractivity (Wildman–Crippen MR) is 102 cm³/mol. The molecule has 0 saturated carbocycles. The standard InChI is InChI=1S/C15H21ClN5O8P/c16-15-19-12(18-7-1-2-27-4-7)8-3-17-21(13(8)20-15)14-11(23)10(22)9(29-14)5-28-6-30(24,25)26/h3,7,9-11,14,22-23H,1-2,4-6H2,(H,18,19,20)(H2,24,25,26)/t7-,9+,10+,11+,14+/m0/s1. The van der Waals surface area contributed by atoms with Gasteiger partial charge in [0.15, 0.2) is 11.9 Å². The first-order chi connectivity index (χ1) is 14.2. The number of rotatable bonds is 7. The summed E-state index contributed by atoms with van der Waals surface area (Å²) in [5, 5.41) is 28.6. The van der Waals surface area contributed by atoms with Gasteiger partial charge in [0.2, 0.25) is 5.28 Å². The quantitative estimate of drug-likeness (QED) is 0.260. The minimum absolute atomic E-state index is 0.0415. The predicted octanol–water partition coefficient (Wildman–Crippen LogP) is -0.549. The van der Waals surface area contributed by atoms with Crippen LogP contribution in [-0.4, -0.2) is 90.3 Å². The van der Waals surface area contributed by atoms with Crippen LogP contribution in [0, 0.1) is 0 Å². The van der Waals surface area contributed by atoms with Crippen molar-refractivity contribution in [2.75, 3.05) is 31.5 Å². The molecule has 2 saturated heterocycles. The summed E-state index contributed by atoms with van der Waals surface area (Å²) in [6.07, 6.45) is -3.42. The van der Waals surface area contributed by atoms with E-state index in [2.05, 4.69) is 20.4 Å². The van der Waals surface area contributed by atoms with E-state index in [4.69, 9.17) is 35.6 Å². The van der Waals surface area contributed by atoms with Crippen molar-refractivity contribution in [1.82, 2.24) is 19.7 Å². The fourth-order valence-electron chi connectivity index (χ4n) is 3.39. The lowest BCUT2D eigenvalue weighted by Crippen LogP contribution is -2.34. The zero-order chi connectivity index (χ0) is 21.5. The smallest absolute Gasteiger partial charge is 0.350 e. The molecule has 0 aliphatic carbocycles. The van der Waals surface area contributed by atoms with E-state index in [1.54, 1.807) is 0 Å². The molecule has 0 amide bonds. The second kappa shape index (κ2) is 8.61. The molecule has 2 aliphatic heterocycles. The molecule has 0 aromatic carbocycles. The molecule has 0 spiro atoms. The molecule has 2 fully saturated rings. The molecule has 5 N–H and O–H groups in total. The van der Waals surface area contributed by atoms with Crippen LogP contribution >= 0.6 is 19.2 Å². The molecular weight excluding hydrogens is 445 g/mol. The summed E-state index contributed by atoms with van der Waals surface area (Å²) in [6.45, 7) is 0.845. The van der Waals surface area contributed by atoms with Crippen molar-refractivity contribution in [2.45, 2.75) is 37.0 Å². The maximum Gasteiger partial charge on any atom is 0.350 e. The van der Waals surface area contributed by atoms with E-state index in [1.807, 2.05) is 0 Å². The number of anilines is 1. The van der Waals surface area contributed by atoms with Gasteiger partial charge >= 0.3 is 7.60 Å². The van der Waals surface area contributed by atoms with Crippen LogP contribution in [0.25, 0.3) is 11.0 Å². The lowest BCUT2D eigenvalue weighted by molar-refractivity contribution is -0.0658. The van der Waals surface area contributed by atoms with Crippen molar-refractivity contribution < 1.29 is 38.8 Å². The van der Waals surface area contributed by atoms with Gasteiger partial charge in [-0.2, -0.15) is 15.1 Å². The molecule has 2 aliphatic rings. The van der Waals surface area contributed by atoms with Gasteiger partial charge < -0.3 is 39.5 Å². The van der Waals surface area contributed by atoms with Crippen molar-refractivity contribution in [3.05, 3.63) is 11.5 Å². The highest BCUT2D eigenvalue weighted by atomic mass is 35.5. The average Bonchev–Trinajstić information content (AvgIpc) is 3.37. The van der Waals surface area contributed by atoms with Crippen molar-refractivity contribution in [2.24, 2.45) is 0 Å². The Morgan fingerprint density at radius 3 is 2.83 bits per heavy atom. The summed E-state index contributed by atoms with van der Waals surface area (Å²) in [5.41, 5.74) is 0.282. The number of halogens is 1. The van der Waals surface area contributed by atoms with Crippen LogP contribution in [0.15, 0.2) is 6.20 Å². The normalized spacial score (nSPS) is 29.7. The molecule has 0 radical (unpaired) electrons.